The molecule has 1 N–H and O–H groups in total. The normalized spacial score (nSPS) is 16.2. The number of halogens is 1. The second-order valence-electron chi connectivity index (χ2n) is 3.90. The molecule has 0 bridgehead atoms. The number of carbonyl (C=O) groups is 1. The van der Waals surface area contributed by atoms with Crippen LogP contribution in [0.5, 0.6) is 0 Å². The van der Waals surface area contributed by atoms with Gasteiger partial charge in [0.2, 0.25) is 5.91 Å². The third kappa shape index (κ3) is 2.83. The van der Waals surface area contributed by atoms with E-state index in [4.69, 9.17) is 0 Å². The SMILES string of the molecule is O=C(Cc1ccccc1Br)N1CCNCC1. The number of piperazine rings is 1. The van der Waals surface area contributed by atoms with Crippen molar-refractivity contribution in [3.63, 3.8) is 0 Å². The van der Waals surface area contributed by atoms with E-state index in [9.17, 15) is 4.79 Å². The molecule has 3 nitrogen and oxygen atoms in total. The lowest BCUT2D eigenvalue weighted by Gasteiger charge is -2.27. The molecule has 0 aromatic heterocycles. The summed E-state index contributed by atoms with van der Waals surface area (Å²) in [5.41, 5.74) is 1.06. The third-order valence-corrected chi connectivity index (χ3v) is 3.54. The van der Waals surface area contributed by atoms with E-state index in [2.05, 4.69) is 21.2 Å². The number of nitrogens with zero attached hydrogens (tertiary/aromatic N) is 1. The Morgan fingerprint density at radius 1 is 1.31 bits per heavy atom. The van der Waals surface area contributed by atoms with Crippen LogP contribution in [-0.4, -0.2) is 37.0 Å². The van der Waals surface area contributed by atoms with Crippen molar-refractivity contribution in [3.05, 3.63) is 34.3 Å². The number of amides is 1. The third-order valence-electron chi connectivity index (χ3n) is 2.77. The fraction of sp³-hybridized carbons (Fsp3) is 0.417. The predicted molar refractivity (Wildman–Crippen MR) is 67.3 cm³/mol. The highest BCUT2D eigenvalue weighted by molar-refractivity contribution is 9.10. The minimum absolute atomic E-state index is 0.216. The monoisotopic (exact) mass is 282 g/mol. The second-order valence-corrected chi connectivity index (χ2v) is 4.75. The summed E-state index contributed by atoms with van der Waals surface area (Å²) in [4.78, 5) is 13.9. The molecule has 0 spiro atoms. The van der Waals surface area contributed by atoms with Crippen molar-refractivity contribution in [1.82, 2.24) is 10.2 Å². The maximum Gasteiger partial charge on any atom is 0.227 e. The first-order valence-electron chi connectivity index (χ1n) is 5.49. The number of rotatable bonds is 2. The Bertz CT molecular complexity index is 375. The molecule has 0 radical (unpaired) electrons. The molecular formula is C12H15BrN2O. The summed E-state index contributed by atoms with van der Waals surface area (Å²) in [7, 11) is 0. The Morgan fingerprint density at radius 3 is 2.69 bits per heavy atom. The molecule has 1 saturated heterocycles. The average molecular weight is 283 g/mol. The fourth-order valence-electron chi connectivity index (χ4n) is 1.83. The Labute approximate surface area is 104 Å². The van der Waals surface area contributed by atoms with Gasteiger partial charge in [-0.3, -0.25) is 4.79 Å². The smallest absolute Gasteiger partial charge is 0.227 e. The minimum atomic E-state index is 0.216. The number of hydrogen-bond acceptors (Lipinski definition) is 2. The molecule has 4 heteroatoms. The van der Waals surface area contributed by atoms with Crippen molar-refractivity contribution in [2.45, 2.75) is 6.42 Å². The van der Waals surface area contributed by atoms with Crippen LogP contribution >= 0.6 is 15.9 Å². The Hall–Kier alpha value is -0.870. The molecule has 0 unspecified atom stereocenters. The number of hydrogen-bond donors (Lipinski definition) is 1. The van der Waals surface area contributed by atoms with Crippen LogP contribution in [-0.2, 0) is 11.2 Å². The van der Waals surface area contributed by atoms with Crippen molar-refractivity contribution in [3.8, 4) is 0 Å². The Kier molecular flexibility index (Phi) is 3.96. The maximum atomic E-state index is 12.0. The first-order valence-corrected chi connectivity index (χ1v) is 6.28. The van der Waals surface area contributed by atoms with Crippen LogP contribution in [0.3, 0.4) is 0 Å². The van der Waals surface area contributed by atoms with Gasteiger partial charge in [0.1, 0.15) is 0 Å². The molecule has 1 fully saturated rings. The van der Waals surface area contributed by atoms with Crippen LogP contribution in [0.15, 0.2) is 28.7 Å². The molecule has 1 aliphatic heterocycles. The van der Waals surface area contributed by atoms with Crippen molar-refractivity contribution >= 4 is 21.8 Å². The van der Waals surface area contributed by atoms with E-state index in [0.717, 1.165) is 36.2 Å². The van der Waals surface area contributed by atoms with Gasteiger partial charge in [0.05, 0.1) is 6.42 Å². The zero-order chi connectivity index (χ0) is 11.4. The highest BCUT2D eigenvalue weighted by Gasteiger charge is 2.16. The van der Waals surface area contributed by atoms with Crippen LogP contribution in [0.25, 0.3) is 0 Å². The molecule has 86 valence electrons. The maximum absolute atomic E-state index is 12.0. The van der Waals surface area contributed by atoms with Crippen molar-refractivity contribution < 1.29 is 4.79 Å². The summed E-state index contributed by atoms with van der Waals surface area (Å²) >= 11 is 3.47. The van der Waals surface area contributed by atoms with E-state index >= 15 is 0 Å². The quantitative estimate of drug-likeness (QED) is 0.890. The lowest BCUT2D eigenvalue weighted by atomic mass is 10.1. The van der Waals surface area contributed by atoms with Gasteiger partial charge in [0.25, 0.3) is 0 Å². The average Bonchev–Trinajstić information content (AvgIpc) is 2.33. The van der Waals surface area contributed by atoms with Gasteiger partial charge < -0.3 is 10.2 Å². The first-order chi connectivity index (χ1) is 7.77. The summed E-state index contributed by atoms with van der Waals surface area (Å²) in [5.74, 6) is 0.216. The highest BCUT2D eigenvalue weighted by Crippen LogP contribution is 2.17. The van der Waals surface area contributed by atoms with Crippen LogP contribution in [0.1, 0.15) is 5.56 Å². The van der Waals surface area contributed by atoms with Gasteiger partial charge >= 0.3 is 0 Å². The lowest BCUT2D eigenvalue weighted by molar-refractivity contribution is -0.131. The molecule has 1 aromatic rings. The second kappa shape index (κ2) is 5.46. The summed E-state index contributed by atoms with van der Waals surface area (Å²) in [5, 5.41) is 3.24. The summed E-state index contributed by atoms with van der Waals surface area (Å²) < 4.78 is 1.01. The van der Waals surface area contributed by atoms with Gasteiger partial charge in [0.15, 0.2) is 0 Å². The predicted octanol–water partition coefficient (Wildman–Crippen LogP) is 1.42. The van der Waals surface area contributed by atoms with Gasteiger partial charge in [-0.05, 0) is 11.6 Å². The molecule has 16 heavy (non-hydrogen) atoms. The van der Waals surface area contributed by atoms with Crippen LogP contribution in [0, 0.1) is 0 Å². The van der Waals surface area contributed by atoms with Gasteiger partial charge in [-0.25, -0.2) is 0 Å². The number of carbonyl (C=O) groups excluding carboxylic acids is 1. The molecule has 1 aliphatic rings. The van der Waals surface area contributed by atoms with Gasteiger partial charge in [-0.2, -0.15) is 0 Å². The van der Waals surface area contributed by atoms with E-state index in [1.807, 2.05) is 29.2 Å². The highest BCUT2D eigenvalue weighted by atomic mass is 79.9. The molecule has 0 saturated carbocycles. The zero-order valence-corrected chi connectivity index (χ0v) is 10.7. The number of nitrogens with one attached hydrogen (secondary N) is 1. The molecule has 0 atom stereocenters. The van der Waals surface area contributed by atoms with E-state index < -0.39 is 0 Å². The lowest BCUT2D eigenvalue weighted by Crippen LogP contribution is -2.46. The molecular weight excluding hydrogens is 268 g/mol. The topological polar surface area (TPSA) is 32.3 Å². The standard InChI is InChI=1S/C12H15BrN2O/c13-11-4-2-1-3-10(11)9-12(16)15-7-5-14-6-8-15/h1-4,14H,5-9H2. The van der Waals surface area contributed by atoms with E-state index in [0.29, 0.717) is 6.42 Å². The largest absolute Gasteiger partial charge is 0.340 e. The van der Waals surface area contributed by atoms with Gasteiger partial charge in [-0.15, -0.1) is 0 Å². The Morgan fingerprint density at radius 2 is 2.00 bits per heavy atom. The van der Waals surface area contributed by atoms with Crippen LogP contribution in [0.2, 0.25) is 0 Å². The molecule has 0 aliphatic carbocycles. The molecule has 2 rings (SSSR count). The van der Waals surface area contributed by atoms with Gasteiger partial charge in [-0.1, -0.05) is 34.1 Å². The summed E-state index contributed by atoms with van der Waals surface area (Å²) in [6.07, 6.45) is 0.488. The van der Waals surface area contributed by atoms with E-state index in [1.165, 1.54) is 0 Å². The molecule has 1 heterocycles. The van der Waals surface area contributed by atoms with Crippen molar-refractivity contribution in [2.24, 2.45) is 0 Å². The minimum Gasteiger partial charge on any atom is -0.340 e. The zero-order valence-electron chi connectivity index (χ0n) is 9.08. The fourth-order valence-corrected chi connectivity index (χ4v) is 2.26. The number of benzene rings is 1. The van der Waals surface area contributed by atoms with Gasteiger partial charge in [0, 0.05) is 30.7 Å². The van der Waals surface area contributed by atoms with Crippen molar-refractivity contribution in [2.75, 3.05) is 26.2 Å². The van der Waals surface area contributed by atoms with E-state index in [-0.39, 0.29) is 5.91 Å². The van der Waals surface area contributed by atoms with Crippen molar-refractivity contribution in [1.29, 1.82) is 0 Å². The van der Waals surface area contributed by atoms with Crippen LogP contribution < -0.4 is 5.32 Å². The summed E-state index contributed by atoms with van der Waals surface area (Å²) in [6, 6.07) is 7.89. The molecule has 1 aromatic carbocycles. The summed E-state index contributed by atoms with van der Waals surface area (Å²) in [6.45, 7) is 3.45. The van der Waals surface area contributed by atoms with E-state index in [1.54, 1.807) is 0 Å². The van der Waals surface area contributed by atoms with Crippen LogP contribution in [0.4, 0.5) is 0 Å². The Balaban J connectivity index is 1.99. The molecule has 1 amide bonds. The first kappa shape index (κ1) is 11.6.